The molecule has 5 heteroatoms. The zero-order valence-corrected chi connectivity index (χ0v) is 13.4. The maximum atomic E-state index is 11.8. The molecule has 1 aromatic carbocycles. The highest BCUT2D eigenvalue weighted by Crippen LogP contribution is 2.27. The number of hydrogen-bond donors (Lipinski definition) is 2. The quantitative estimate of drug-likeness (QED) is 0.732. The zero-order chi connectivity index (χ0) is 15.7. The average molecular weight is 294 g/mol. The van der Waals surface area contributed by atoms with Gasteiger partial charge in [0.15, 0.2) is 18.1 Å². The van der Waals surface area contributed by atoms with E-state index in [-0.39, 0.29) is 18.6 Å². The molecule has 0 saturated heterocycles. The molecular weight excluding hydrogens is 268 g/mol. The van der Waals surface area contributed by atoms with E-state index in [9.17, 15) is 4.79 Å². The topological polar surface area (TPSA) is 59.6 Å². The molecule has 0 aliphatic carbocycles. The van der Waals surface area contributed by atoms with E-state index in [1.807, 2.05) is 25.2 Å². The molecule has 0 unspecified atom stereocenters. The van der Waals surface area contributed by atoms with Crippen LogP contribution in [-0.4, -0.2) is 32.7 Å². The van der Waals surface area contributed by atoms with Crippen LogP contribution in [0.5, 0.6) is 11.5 Å². The Morgan fingerprint density at radius 2 is 1.95 bits per heavy atom. The van der Waals surface area contributed by atoms with Crippen molar-refractivity contribution in [3.8, 4) is 11.5 Å². The predicted octanol–water partition coefficient (Wildman–Crippen LogP) is 2.10. The molecule has 5 nitrogen and oxygen atoms in total. The van der Waals surface area contributed by atoms with E-state index in [1.54, 1.807) is 7.11 Å². The van der Waals surface area contributed by atoms with Gasteiger partial charge in [0.25, 0.3) is 5.91 Å². The maximum Gasteiger partial charge on any atom is 0.258 e. The van der Waals surface area contributed by atoms with Gasteiger partial charge in [0.2, 0.25) is 0 Å². The summed E-state index contributed by atoms with van der Waals surface area (Å²) in [6.45, 7) is 4.86. The van der Waals surface area contributed by atoms with Gasteiger partial charge in [-0.1, -0.05) is 19.9 Å². The number of methoxy groups -OCH3 is 1. The molecule has 118 valence electrons. The molecule has 0 bridgehead atoms. The van der Waals surface area contributed by atoms with E-state index < -0.39 is 0 Å². The third kappa shape index (κ3) is 5.63. The van der Waals surface area contributed by atoms with Gasteiger partial charge in [-0.3, -0.25) is 4.79 Å². The zero-order valence-electron chi connectivity index (χ0n) is 13.4. The fourth-order valence-electron chi connectivity index (χ4n) is 2.05. The van der Waals surface area contributed by atoms with Gasteiger partial charge in [-0.15, -0.1) is 0 Å². The van der Waals surface area contributed by atoms with Gasteiger partial charge in [0.05, 0.1) is 7.11 Å². The summed E-state index contributed by atoms with van der Waals surface area (Å²) < 4.78 is 10.9. The smallest absolute Gasteiger partial charge is 0.258 e. The van der Waals surface area contributed by atoms with Crippen LogP contribution >= 0.6 is 0 Å². The average Bonchev–Trinajstić information content (AvgIpc) is 2.51. The van der Waals surface area contributed by atoms with E-state index >= 15 is 0 Å². The van der Waals surface area contributed by atoms with Crippen LogP contribution in [0.1, 0.15) is 32.3 Å². The summed E-state index contributed by atoms with van der Waals surface area (Å²) in [7, 11) is 3.48. The van der Waals surface area contributed by atoms with Crippen LogP contribution in [0.15, 0.2) is 18.2 Å². The van der Waals surface area contributed by atoms with E-state index in [2.05, 4.69) is 24.5 Å². The van der Waals surface area contributed by atoms with Crippen molar-refractivity contribution in [2.24, 2.45) is 0 Å². The lowest BCUT2D eigenvalue weighted by Crippen LogP contribution is -2.37. The SMILES string of the molecule is CCC(CC)NC(=O)COc1ccc(CNC)cc1OC. The first-order valence-corrected chi connectivity index (χ1v) is 7.38. The standard InChI is InChI=1S/C16H26N2O3/c1-5-13(6-2)18-16(19)11-21-14-8-7-12(10-17-3)9-15(14)20-4/h7-9,13,17H,5-6,10-11H2,1-4H3,(H,18,19). The molecule has 0 aliphatic heterocycles. The summed E-state index contributed by atoms with van der Waals surface area (Å²) in [4.78, 5) is 11.8. The molecule has 0 aliphatic rings. The minimum atomic E-state index is -0.106. The molecule has 1 rings (SSSR count). The molecule has 0 fully saturated rings. The van der Waals surface area contributed by atoms with Crippen LogP contribution in [0.25, 0.3) is 0 Å². The second-order valence-electron chi connectivity index (χ2n) is 4.89. The second kappa shape index (κ2) is 9.23. The summed E-state index contributed by atoms with van der Waals surface area (Å²) in [6, 6.07) is 5.90. The molecule has 0 radical (unpaired) electrons. The van der Waals surface area contributed by atoms with Gasteiger partial charge in [-0.25, -0.2) is 0 Å². The van der Waals surface area contributed by atoms with Gasteiger partial charge in [0.1, 0.15) is 0 Å². The number of hydrogen-bond acceptors (Lipinski definition) is 4. The summed E-state index contributed by atoms with van der Waals surface area (Å²) in [5, 5.41) is 6.02. The third-order valence-corrected chi connectivity index (χ3v) is 3.32. The first-order chi connectivity index (χ1) is 10.1. The monoisotopic (exact) mass is 294 g/mol. The fraction of sp³-hybridized carbons (Fsp3) is 0.562. The first kappa shape index (κ1) is 17.3. The number of benzene rings is 1. The molecule has 0 heterocycles. The predicted molar refractivity (Wildman–Crippen MR) is 83.8 cm³/mol. The van der Waals surface area contributed by atoms with Crippen LogP contribution < -0.4 is 20.1 Å². The largest absolute Gasteiger partial charge is 0.493 e. The Morgan fingerprint density at radius 3 is 2.52 bits per heavy atom. The van der Waals surface area contributed by atoms with E-state index in [0.29, 0.717) is 11.5 Å². The lowest BCUT2D eigenvalue weighted by molar-refractivity contribution is -0.123. The summed E-state index contributed by atoms with van der Waals surface area (Å²) in [6.07, 6.45) is 1.84. The molecule has 0 saturated carbocycles. The number of nitrogens with one attached hydrogen (secondary N) is 2. The van der Waals surface area contributed by atoms with Crippen LogP contribution in [-0.2, 0) is 11.3 Å². The highest BCUT2D eigenvalue weighted by Gasteiger charge is 2.11. The third-order valence-electron chi connectivity index (χ3n) is 3.32. The van der Waals surface area contributed by atoms with Crippen LogP contribution in [0.2, 0.25) is 0 Å². The molecular formula is C16H26N2O3. The highest BCUT2D eigenvalue weighted by atomic mass is 16.5. The fourth-order valence-corrected chi connectivity index (χ4v) is 2.05. The lowest BCUT2D eigenvalue weighted by atomic mass is 10.2. The van der Waals surface area contributed by atoms with Gasteiger partial charge in [-0.2, -0.15) is 0 Å². The van der Waals surface area contributed by atoms with Gasteiger partial charge in [-0.05, 0) is 37.6 Å². The molecule has 0 spiro atoms. The highest BCUT2D eigenvalue weighted by molar-refractivity contribution is 5.77. The Morgan fingerprint density at radius 1 is 1.24 bits per heavy atom. The summed E-state index contributed by atoms with van der Waals surface area (Å²) in [5.74, 6) is 1.11. The molecule has 2 N–H and O–H groups in total. The molecule has 0 atom stereocenters. The summed E-state index contributed by atoms with van der Waals surface area (Å²) in [5.41, 5.74) is 1.10. The van der Waals surface area contributed by atoms with Crippen LogP contribution in [0.3, 0.4) is 0 Å². The Bertz CT molecular complexity index is 445. The van der Waals surface area contributed by atoms with Crippen molar-refractivity contribution < 1.29 is 14.3 Å². The minimum absolute atomic E-state index is 0.00175. The van der Waals surface area contributed by atoms with Gasteiger partial charge < -0.3 is 20.1 Å². The number of ether oxygens (including phenoxy) is 2. The molecule has 1 amide bonds. The second-order valence-corrected chi connectivity index (χ2v) is 4.89. The Balaban J connectivity index is 2.60. The van der Waals surface area contributed by atoms with Gasteiger partial charge in [0, 0.05) is 12.6 Å². The van der Waals surface area contributed by atoms with Crippen molar-refractivity contribution in [1.82, 2.24) is 10.6 Å². The minimum Gasteiger partial charge on any atom is -0.493 e. The normalized spacial score (nSPS) is 10.5. The first-order valence-electron chi connectivity index (χ1n) is 7.38. The number of carbonyl (C=O) groups excluding carboxylic acids is 1. The van der Waals surface area contributed by atoms with Crippen molar-refractivity contribution in [3.63, 3.8) is 0 Å². The number of amides is 1. The molecule has 21 heavy (non-hydrogen) atoms. The number of rotatable bonds is 9. The summed E-state index contributed by atoms with van der Waals surface area (Å²) >= 11 is 0. The van der Waals surface area contributed by atoms with Crippen molar-refractivity contribution in [2.75, 3.05) is 20.8 Å². The van der Waals surface area contributed by atoms with Crippen molar-refractivity contribution in [3.05, 3.63) is 23.8 Å². The van der Waals surface area contributed by atoms with Crippen molar-refractivity contribution in [1.29, 1.82) is 0 Å². The van der Waals surface area contributed by atoms with Crippen LogP contribution in [0, 0.1) is 0 Å². The van der Waals surface area contributed by atoms with E-state index in [1.165, 1.54) is 0 Å². The van der Waals surface area contributed by atoms with Crippen LogP contribution in [0.4, 0.5) is 0 Å². The Labute approximate surface area is 127 Å². The Hall–Kier alpha value is -1.75. The lowest BCUT2D eigenvalue weighted by Gasteiger charge is -2.16. The molecule has 1 aromatic rings. The molecule has 0 aromatic heterocycles. The van der Waals surface area contributed by atoms with Crippen molar-refractivity contribution in [2.45, 2.75) is 39.3 Å². The maximum absolute atomic E-state index is 11.8. The van der Waals surface area contributed by atoms with Gasteiger partial charge >= 0.3 is 0 Å². The Kier molecular flexibility index (Phi) is 7.61. The van der Waals surface area contributed by atoms with E-state index in [4.69, 9.17) is 9.47 Å². The van der Waals surface area contributed by atoms with Crippen molar-refractivity contribution >= 4 is 5.91 Å². The van der Waals surface area contributed by atoms with E-state index in [0.717, 1.165) is 24.9 Å². The number of carbonyl (C=O) groups is 1.